The number of carbonyl (C=O) groups excluding carboxylic acids is 2. The van der Waals surface area contributed by atoms with Crippen LogP contribution in [-0.4, -0.2) is 58.2 Å². The van der Waals surface area contributed by atoms with E-state index in [2.05, 4.69) is 16.7 Å². The van der Waals surface area contributed by atoms with Crippen molar-refractivity contribution in [2.75, 3.05) is 46.8 Å². The first kappa shape index (κ1) is 21.4. The normalized spacial score (nSPS) is 13.2. The number of benzene rings is 2. The number of ether oxygens (including phenoxy) is 3. The van der Waals surface area contributed by atoms with E-state index in [4.69, 9.17) is 14.2 Å². The lowest BCUT2D eigenvalue weighted by Crippen LogP contribution is -2.40. The number of nitrogens with zero attached hydrogens (tertiary/aromatic N) is 1. The minimum atomic E-state index is -0.765. The van der Waals surface area contributed by atoms with Crippen molar-refractivity contribution < 1.29 is 23.8 Å². The molecule has 1 aliphatic heterocycles. The predicted molar refractivity (Wildman–Crippen MR) is 113 cm³/mol. The number of hydrogen-bond acceptors (Lipinski definition) is 6. The van der Waals surface area contributed by atoms with Gasteiger partial charge in [0, 0.05) is 19.0 Å². The molecule has 2 aromatic carbocycles. The fraction of sp³-hybridized carbons (Fsp3) is 0.364. The Morgan fingerprint density at radius 2 is 1.90 bits per heavy atom. The van der Waals surface area contributed by atoms with Gasteiger partial charge in [0.05, 0.1) is 32.6 Å². The summed E-state index contributed by atoms with van der Waals surface area (Å²) in [4.78, 5) is 26.8. The van der Waals surface area contributed by atoms with Gasteiger partial charge in [0.25, 0.3) is 0 Å². The van der Waals surface area contributed by atoms with Crippen molar-refractivity contribution in [1.29, 1.82) is 0 Å². The first-order valence-corrected chi connectivity index (χ1v) is 9.66. The molecule has 8 nitrogen and oxygen atoms in total. The summed E-state index contributed by atoms with van der Waals surface area (Å²) in [5, 5.41) is 5.30. The number of hydrogen-bond donors (Lipinski definition) is 2. The fourth-order valence-electron chi connectivity index (χ4n) is 3.36. The number of likely N-dealkylation sites (N-methyl/N-ethyl adjacent to an activating group) is 1. The first-order valence-electron chi connectivity index (χ1n) is 9.66. The van der Waals surface area contributed by atoms with Crippen LogP contribution in [0.2, 0.25) is 0 Å². The summed E-state index contributed by atoms with van der Waals surface area (Å²) in [5.41, 5.74) is 2.61. The van der Waals surface area contributed by atoms with Crippen molar-refractivity contribution in [3.8, 4) is 17.2 Å². The second-order valence-electron chi connectivity index (χ2n) is 7.18. The van der Waals surface area contributed by atoms with Gasteiger partial charge in [-0.1, -0.05) is 12.1 Å². The van der Waals surface area contributed by atoms with Crippen LogP contribution >= 0.6 is 0 Å². The topological polar surface area (TPSA) is 89.1 Å². The van der Waals surface area contributed by atoms with Gasteiger partial charge >= 0.3 is 11.8 Å². The van der Waals surface area contributed by atoms with Gasteiger partial charge in [0.1, 0.15) is 17.2 Å². The molecule has 1 aliphatic rings. The summed E-state index contributed by atoms with van der Waals surface area (Å²) >= 11 is 0. The fourth-order valence-corrected chi connectivity index (χ4v) is 3.36. The Hall–Kier alpha value is -3.26. The van der Waals surface area contributed by atoms with Crippen LogP contribution in [0.4, 0.5) is 5.69 Å². The van der Waals surface area contributed by atoms with E-state index in [9.17, 15) is 9.59 Å². The predicted octanol–water partition coefficient (Wildman–Crippen LogP) is 2.00. The van der Waals surface area contributed by atoms with E-state index in [1.165, 1.54) is 14.2 Å². The highest BCUT2D eigenvalue weighted by molar-refractivity contribution is 6.39. The van der Waals surface area contributed by atoms with Crippen molar-refractivity contribution >= 4 is 17.5 Å². The zero-order valence-electron chi connectivity index (χ0n) is 17.7. The quantitative estimate of drug-likeness (QED) is 0.675. The van der Waals surface area contributed by atoms with Crippen molar-refractivity contribution in [2.45, 2.75) is 12.5 Å². The average Bonchev–Trinajstić information content (AvgIpc) is 3.21. The second kappa shape index (κ2) is 9.49. The minimum absolute atomic E-state index is 0.0804. The molecule has 0 radical (unpaired) electrons. The lowest BCUT2D eigenvalue weighted by molar-refractivity contribution is -0.136. The van der Waals surface area contributed by atoms with Crippen molar-refractivity contribution in [2.24, 2.45) is 0 Å². The minimum Gasteiger partial charge on any atom is -0.497 e. The molecule has 1 unspecified atom stereocenters. The lowest BCUT2D eigenvalue weighted by Gasteiger charge is -2.25. The third kappa shape index (κ3) is 4.83. The van der Waals surface area contributed by atoms with Crippen LogP contribution in [0.1, 0.15) is 17.2 Å². The number of carbonyl (C=O) groups is 2. The van der Waals surface area contributed by atoms with Crippen LogP contribution in [0.15, 0.2) is 36.4 Å². The first-order chi connectivity index (χ1) is 14.4. The molecule has 1 heterocycles. The van der Waals surface area contributed by atoms with Gasteiger partial charge in [-0.05, 0) is 43.4 Å². The molecule has 0 aliphatic carbocycles. The van der Waals surface area contributed by atoms with E-state index in [1.54, 1.807) is 18.2 Å². The van der Waals surface area contributed by atoms with E-state index in [0.717, 1.165) is 23.3 Å². The zero-order chi connectivity index (χ0) is 21.7. The highest BCUT2D eigenvalue weighted by atomic mass is 16.5. The number of nitrogens with one attached hydrogen (secondary N) is 2. The molecule has 0 fully saturated rings. The Kier molecular flexibility index (Phi) is 6.79. The lowest BCUT2D eigenvalue weighted by atomic mass is 10.0. The molecule has 3 rings (SSSR count). The zero-order valence-corrected chi connectivity index (χ0v) is 17.7. The van der Waals surface area contributed by atoms with Gasteiger partial charge in [-0.25, -0.2) is 0 Å². The number of amides is 2. The Bertz CT molecular complexity index is 929. The van der Waals surface area contributed by atoms with Crippen LogP contribution in [0, 0.1) is 0 Å². The van der Waals surface area contributed by atoms with E-state index >= 15 is 0 Å². The third-order valence-corrected chi connectivity index (χ3v) is 5.04. The molecule has 30 heavy (non-hydrogen) atoms. The summed E-state index contributed by atoms with van der Waals surface area (Å²) in [6, 6.07) is 10.9. The molecule has 160 valence electrons. The summed E-state index contributed by atoms with van der Waals surface area (Å²) in [5.74, 6) is 0.417. The Labute approximate surface area is 176 Å². The monoisotopic (exact) mass is 413 g/mol. The van der Waals surface area contributed by atoms with Crippen molar-refractivity contribution in [3.05, 3.63) is 47.5 Å². The molecular weight excluding hydrogens is 386 g/mol. The van der Waals surface area contributed by atoms with Gasteiger partial charge in [-0.2, -0.15) is 0 Å². The largest absolute Gasteiger partial charge is 0.497 e. The van der Waals surface area contributed by atoms with E-state index in [-0.39, 0.29) is 6.04 Å². The van der Waals surface area contributed by atoms with Crippen LogP contribution < -0.4 is 24.8 Å². The molecule has 8 heteroatoms. The molecule has 1 atom stereocenters. The van der Waals surface area contributed by atoms with Crippen LogP contribution in [0.25, 0.3) is 0 Å². The number of fused-ring (bicyclic) bond motifs is 1. The van der Waals surface area contributed by atoms with Gasteiger partial charge in [0.2, 0.25) is 0 Å². The Balaban J connectivity index is 1.64. The molecular formula is C22H27N3O5. The molecule has 0 bridgehead atoms. The number of methoxy groups -OCH3 is 2. The van der Waals surface area contributed by atoms with Gasteiger partial charge in [-0.15, -0.1) is 0 Å². The SMILES string of the molecule is COc1ccc(NC(=O)C(=O)NCC(c2ccc3c(c2)CCO3)N(C)C)c(OC)c1. The molecule has 0 aromatic heterocycles. The highest BCUT2D eigenvalue weighted by Gasteiger charge is 2.22. The average molecular weight is 413 g/mol. The van der Waals surface area contributed by atoms with Crippen LogP contribution in [0.3, 0.4) is 0 Å². The van der Waals surface area contributed by atoms with Gasteiger partial charge in [-0.3, -0.25) is 9.59 Å². The van der Waals surface area contributed by atoms with Crippen LogP contribution in [0.5, 0.6) is 17.2 Å². The molecule has 2 aromatic rings. The number of anilines is 1. The summed E-state index contributed by atoms with van der Waals surface area (Å²) in [6.45, 7) is 0.982. The molecule has 0 saturated carbocycles. The smallest absolute Gasteiger partial charge is 0.313 e. The summed E-state index contributed by atoms with van der Waals surface area (Å²) in [7, 11) is 6.88. The maximum Gasteiger partial charge on any atom is 0.313 e. The molecule has 2 N–H and O–H groups in total. The standard InChI is InChI=1S/C22H27N3O5/c1-25(2)18(14-5-8-19-15(11-14)9-10-30-19)13-23-21(26)22(27)24-17-7-6-16(28-3)12-20(17)29-4/h5-8,11-12,18H,9-10,13H2,1-4H3,(H,23,26)(H,24,27). The molecule has 2 amide bonds. The highest BCUT2D eigenvalue weighted by Crippen LogP contribution is 2.30. The molecule has 0 saturated heterocycles. The third-order valence-electron chi connectivity index (χ3n) is 5.04. The van der Waals surface area contributed by atoms with Crippen molar-refractivity contribution in [1.82, 2.24) is 10.2 Å². The summed E-state index contributed by atoms with van der Waals surface area (Å²) < 4.78 is 15.9. The Morgan fingerprint density at radius 3 is 2.60 bits per heavy atom. The maximum absolute atomic E-state index is 12.4. The molecule has 0 spiro atoms. The summed E-state index contributed by atoms with van der Waals surface area (Å²) in [6.07, 6.45) is 0.877. The second-order valence-corrected chi connectivity index (χ2v) is 7.18. The van der Waals surface area contributed by atoms with E-state index in [0.29, 0.717) is 30.3 Å². The Morgan fingerprint density at radius 1 is 1.10 bits per heavy atom. The van der Waals surface area contributed by atoms with Crippen LogP contribution in [-0.2, 0) is 16.0 Å². The van der Waals surface area contributed by atoms with E-state index < -0.39 is 11.8 Å². The van der Waals surface area contributed by atoms with E-state index in [1.807, 2.05) is 31.1 Å². The van der Waals surface area contributed by atoms with Gasteiger partial charge in [0.15, 0.2) is 0 Å². The number of rotatable bonds is 7. The van der Waals surface area contributed by atoms with Crippen molar-refractivity contribution in [3.63, 3.8) is 0 Å². The van der Waals surface area contributed by atoms with Gasteiger partial charge < -0.3 is 29.7 Å². The maximum atomic E-state index is 12.4.